The Kier molecular flexibility index (Phi) is 5.03. The van der Waals surface area contributed by atoms with E-state index < -0.39 is 0 Å². The van der Waals surface area contributed by atoms with Gasteiger partial charge in [0.15, 0.2) is 0 Å². The molecular formula is C17H17N3O2. The third kappa shape index (κ3) is 4.02. The molecule has 2 amide bonds. The summed E-state index contributed by atoms with van der Waals surface area (Å²) in [6.45, 7) is 5.84. The average Bonchev–Trinajstić information content (AvgIpc) is 2.52. The van der Waals surface area contributed by atoms with Crippen molar-refractivity contribution in [3.05, 3.63) is 72.1 Å². The minimum absolute atomic E-state index is 0.294. The molecule has 1 aromatic carbocycles. The van der Waals surface area contributed by atoms with Gasteiger partial charge in [-0.15, -0.1) is 6.58 Å². The highest BCUT2D eigenvalue weighted by atomic mass is 16.2. The van der Waals surface area contributed by atoms with Gasteiger partial charge in [0.2, 0.25) is 0 Å². The largest absolute Gasteiger partial charge is 0.349 e. The molecule has 2 aromatic rings. The van der Waals surface area contributed by atoms with E-state index in [2.05, 4.69) is 22.2 Å². The van der Waals surface area contributed by atoms with Gasteiger partial charge in [-0.3, -0.25) is 14.6 Å². The molecule has 2 N–H and O–H groups in total. The molecule has 0 aliphatic rings. The predicted octanol–water partition coefficient (Wildman–Crippen LogP) is 2.56. The number of amides is 2. The van der Waals surface area contributed by atoms with E-state index in [0.29, 0.717) is 23.4 Å². The lowest BCUT2D eigenvalue weighted by molar-refractivity contribution is 0.0957. The van der Waals surface area contributed by atoms with E-state index in [-0.39, 0.29) is 11.8 Å². The fourth-order valence-electron chi connectivity index (χ4n) is 1.88. The lowest BCUT2D eigenvalue weighted by Gasteiger charge is -2.07. The normalized spacial score (nSPS) is 9.86. The first kappa shape index (κ1) is 15.4. The van der Waals surface area contributed by atoms with Crippen LogP contribution in [0.2, 0.25) is 0 Å². The van der Waals surface area contributed by atoms with Crippen molar-refractivity contribution >= 4 is 17.5 Å². The number of hydrogen-bond acceptors (Lipinski definition) is 3. The van der Waals surface area contributed by atoms with Gasteiger partial charge in [-0.2, -0.15) is 0 Å². The van der Waals surface area contributed by atoms with Gasteiger partial charge >= 0.3 is 0 Å². The number of benzene rings is 1. The number of aryl methyl sites for hydroxylation is 1. The first-order valence-corrected chi connectivity index (χ1v) is 6.82. The van der Waals surface area contributed by atoms with E-state index in [1.54, 1.807) is 12.1 Å². The molecule has 5 nitrogen and oxygen atoms in total. The highest BCUT2D eigenvalue weighted by Crippen LogP contribution is 2.12. The summed E-state index contributed by atoms with van der Waals surface area (Å²) < 4.78 is 0. The summed E-state index contributed by atoms with van der Waals surface area (Å²) in [7, 11) is 0. The van der Waals surface area contributed by atoms with Crippen LogP contribution in [0.1, 0.15) is 26.3 Å². The fraction of sp³-hybridized carbons (Fsp3) is 0.118. The molecular weight excluding hydrogens is 278 g/mol. The third-order valence-corrected chi connectivity index (χ3v) is 2.95. The second kappa shape index (κ2) is 7.17. The number of rotatable bonds is 5. The van der Waals surface area contributed by atoms with Crippen LogP contribution in [0.25, 0.3) is 0 Å². The van der Waals surface area contributed by atoms with Crippen molar-refractivity contribution in [2.45, 2.75) is 6.92 Å². The molecule has 0 atom stereocenters. The van der Waals surface area contributed by atoms with Crippen LogP contribution in [-0.4, -0.2) is 23.3 Å². The maximum Gasteiger partial charge on any atom is 0.257 e. The Morgan fingerprint density at radius 1 is 1.18 bits per heavy atom. The number of pyridine rings is 1. The number of nitrogens with one attached hydrogen (secondary N) is 2. The van der Waals surface area contributed by atoms with Gasteiger partial charge in [0.05, 0.1) is 11.1 Å². The van der Waals surface area contributed by atoms with Crippen molar-refractivity contribution < 1.29 is 9.59 Å². The van der Waals surface area contributed by atoms with Crippen LogP contribution in [0.15, 0.2) is 55.4 Å². The maximum atomic E-state index is 12.2. The zero-order valence-corrected chi connectivity index (χ0v) is 12.3. The van der Waals surface area contributed by atoms with Gasteiger partial charge < -0.3 is 10.6 Å². The van der Waals surface area contributed by atoms with Crippen LogP contribution in [0.4, 0.5) is 5.69 Å². The summed E-state index contributed by atoms with van der Waals surface area (Å²) in [5, 5.41) is 5.42. The Morgan fingerprint density at radius 2 is 1.91 bits per heavy atom. The van der Waals surface area contributed by atoms with E-state index in [0.717, 1.165) is 5.56 Å². The highest BCUT2D eigenvalue weighted by Gasteiger charge is 2.11. The van der Waals surface area contributed by atoms with Crippen LogP contribution in [0, 0.1) is 6.92 Å². The standard InChI is InChI=1S/C17H17N3O2/c1-3-7-19-16(21)13-9-14(11-18-10-13)17(22)20-15-6-4-5-12(2)8-15/h3-6,8-11H,1,7H2,2H3,(H,19,21)(H,20,22). The van der Waals surface area contributed by atoms with Gasteiger partial charge in [-0.05, 0) is 30.7 Å². The maximum absolute atomic E-state index is 12.2. The lowest BCUT2D eigenvalue weighted by atomic mass is 10.1. The Bertz CT molecular complexity index is 711. The average molecular weight is 295 g/mol. The molecule has 0 aliphatic carbocycles. The number of nitrogens with zero attached hydrogens (tertiary/aromatic N) is 1. The topological polar surface area (TPSA) is 71.1 Å². The smallest absolute Gasteiger partial charge is 0.257 e. The first-order chi connectivity index (χ1) is 10.6. The highest BCUT2D eigenvalue weighted by molar-refractivity contribution is 6.05. The summed E-state index contributed by atoms with van der Waals surface area (Å²) >= 11 is 0. The summed E-state index contributed by atoms with van der Waals surface area (Å²) in [4.78, 5) is 28.0. The van der Waals surface area contributed by atoms with Crippen LogP contribution in [0.5, 0.6) is 0 Å². The van der Waals surface area contributed by atoms with Gasteiger partial charge in [0.25, 0.3) is 11.8 Å². The molecule has 1 heterocycles. The van der Waals surface area contributed by atoms with E-state index >= 15 is 0 Å². The zero-order chi connectivity index (χ0) is 15.9. The second-order valence-electron chi connectivity index (χ2n) is 4.78. The van der Waals surface area contributed by atoms with E-state index in [9.17, 15) is 9.59 Å². The SMILES string of the molecule is C=CCNC(=O)c1cncc(C(=O)Nc2cccc(C)c2)c1. The minimum atomic E-state index is -0.309. The number of aromatic nitrogens is 1. The van der Waals surface area contributed by atoms with E-state index in [1.165, 1.54) is 18.5 Å². The van der Waals surface area contributed by atoms with Crippen molar-refractivity contribution in [2.75, 3.05) is 11.9 Å². The number of carbonyl (C=O) groups is 2. The number of anilines is 1. The molecule has 0 saturated heterocycles. The quantitative estimate of drug-likeness (QED) is 0.833. The van der Waals surface area contributed by atoms with Gasteiger partial charge in [-0.1, -0.05) is 18.2 Å². The number of hydrogen-bond donors (Lipinski definition) is 2. The van der Waals surface area contributed by atoms with Crippen molar-refractivity contribution in [1.82, 2.24) is 10.3 Å². The van der Waals surface area contributed by atoms with E-state index in [1.807, 2.05) is 25.1 Å². The van der Waals surface area contributed by atoms with E-state index in [4.69, 9.17) is 0 Å². The van der Waals surface area contributed by atoms with Crippen LogP contribution >= 0.6 is 0 Å². The van der Waals surface area contributed by atoms with Crippen molar-refractivity contribution in [3.8, 4) is 0 Å². The molecule has 112 valence electrons. The molecule has 0 spiro atoms. The Hall–Kier alpha value is -2.95. The Labute approximate surface area is 129 Å². The molecule has 0 bridgehead atoms. The second-order valence-corrected chi connectivity index (χ2v) is 4.78. The molecule has 22 heavy (non-hydrogen) atoms. The molecule has 2 rings (SSSR count). The molecule has 0 aliphatic heterocycles. The van der Waals surface area contributed by atoms with Crippen molar-refractivity contribution in [2.24, 2.45) is 0 Å². The fourth-order valence-corrected chi connectivity index (χ4v) is 1.88. The first-order valence-electron chi connectivity index (χ1n) is 6.82. The minimum Gasteiger partial charge on any atom is -0.349 e. The predicted molar refractivity (Wildman–Crippen MR) is 85.9 cm³/mol. The summed E-state index contributed by atoms with van der Waals surface area (Å²) in [6, 6.07) is 8.99. The summed E-state index contributed by atoms with van der Waals surface area (Å²) in [5.74, 6) is -0.603. The molecule has 0 unspecified atom stereocenters. The molecule has 1 aromatic heterocycles. The summed E-state index contributed by atoms with van der Waals surface area (Å²) in [6.07, 6.45) is 4.43. The van der Waals surface area contributed by atoms with Crippen molar-refractivity contribution in [3.63, 3.8) is 0 Å². The zero-order valence-electron chi connectivity index (χ0n) is 12.3. The van der Waals surface area contributed by atoms with Crippen molar-refractivity contribution in [1.29, 1.82) is 0 Å². The lowest BCUT2D eigenvalue weighted by Crippen LogP contribution is -2.24. The molecule has 5 heteroatoms. The summed E-state index contributed by atoms with van der Waals surface area (Å²) in [5.41, 5.74) is 2.41. The molecule has 0 saturated carbocycles. The number of carbonyl (C=O) groups excluding carboxylic acids is 2. The van der Waals surface area contributed by atoms with Gasteiger partial charge in [-0.25, -0.2) is 0 Å². The third-order valence-electron chi connectivity index (χ3n) is 2.95. The molecule has 0 fully saturated rings. The van der Waals surface area contributed by atoms with Gasteiger partial charge in [0, 0.05) is 24.6 Å². The van der Waals surface area contributed by atoms with Crippen LogP contribution in [0.3, 0.4) is 0 Å². The Morgan fingerprint density at radius 3 is 2.59 bits per heavy atom. The van der Waals surface area contributed by atoms with Crippen LogP contribution < -0.4 is 10.6 Å². The molecule has 0 radical (unpaired) electrons. The Balaban J connectivity index is 2.13. The van der Waals surface area contributed by atoms with Crippen LogP contribution in [-0.2, 0) is 0 Å². The van der Waals surface area contributed by atoms with Gasteiger partial charge in [0.1, 0.15) is 0 Å². The monoisotopic (exact) mass is 295 g/mol.